The fraction of sp³-hybridized carbons (Fsp3) is 0.250. The predicted octanol–water partition coefficient (Wildman–Crippen LogP) is 3.21. The number of benzene rings is 1. The van der Waals surface area contributed by atoms with Gasteiger partial charge in [-0.2, -0.15) is 0 Å². The summed E-state index contributed by atoms with van der Waals surface area (Å²) < 4.78 is 15.3. The first kappa shape index (κ1) is 18.2. The Hall–Kier alpha value is -2.18. The summed E-state index contributed by atoms with van der Waals surface area (Å²) >= 11 is 11.7. The summed E-state index contributed by atoms with van der Waals surface area (Å²) in [5, 5.41) is 3.33. The standard InChI is InChI=1S/C16H15Cl2NO5/c1-10(16(21)19-8-12-3-2-6-22-12)24-15(20)9-23-14-5-4-11(17)7-13(14)18/h2-7,10H,8-9H2,1H3,(H,19,21)/t10-/m1/s1. The number of amides is 1. The van der Waals surface area contributed by atoms with Crippen LogP contribution >= 0.6 is 23.2 Å². The SMILES string of the molecule is C[C@@H](OC(=O)COc1ccc(Cl)cc1Cl)C(=O)NCc1ccco1. The van der Waals surface area contributed by atoms with Gasteiger partial charge in [0.1, 0.15) is 11.5 Å². The number of hydrogen-bond donors (Lipinski definition) is 1. The Morgan fingerprint density at radius 3 is 2.75 bits per heavy atom. The second kappa shape index (κ2) is 8.61. The monoisotopic (exact) mass is 371 g/mol. The minimum atomic E-state index is -0.961. The zero-order valence-electron chi connectivity index (χ0n) is 12.8. The normalized spacial score (nSPS) is 11.6. The molecule has 6 nitrogen and oxygen atoms in total. The number of carbonyl (C=O) groups excluding carboxylic acids is 2. The lowest BCUT2D eigenvalue weighted by Gasteiger charge is -2.13. The van der Waals surface area contributed by atoms with Gasteiger partial charge in [-0.1, -0.05) is 23.2 Å². The van der Waals surface area contributed by atoms with Crippen LogP contribution in [0.3, 0.4) is 0 Å². The van der Waals surface area contributed by atoms with E-state index in [1.54, 1.807) is 18.2 Å². The maximum absolute atomic E-state index is 11.8. The molecule has 0 bridgehead atoms. The van der Waals surface area contributed by atoms with E-state index in [1.165, 1.54) is 25.3 Å². The molecule has 1 atom stereocenters. The smallest absolute Gasteiger partial charge is 0.344 e. The van der Waals surface area contributed by atoms with Crippen LogP contribution in [0.15, 0.2) is 41.0 Å². The van der Waals surface area contributed by atoms with Gasteiger partial charge in [0.2, 0.25) is 0 Å². The number of hydrogen-bond acceptors (Lipinski definition) is 5. The largest absolute Gasteiger partial charge is 0.480 e. The zero-order chi connectivity index (χ0) is 17.5. The average Bonchev–Trinajstić information content (AvgIpc) is 3.05. The van der Waals surface area contributed by atoms with E-state index in [0.717, 1.165) is 0 Å². The molecule has 1 aromatic carbocycles. The van der Waals surface area contributed by atoms with E-state index < -0.39 is 18.0 Å². The Labute approximate surface area is 148 Å². The number of furan rings is 1. The Bertz CT molecular complexity index is 702. The van der Waals surface area contributed by atoms with Gasteiger partial charge in [0.05, 0.1) is 17.8 Å². The Balaban J connectivity index is 1.75. The first-order valence-electron chi connectivity index (χ1n) is 7.03. The van der Waals surface area contributed by atoms with Crippen molar-refractivity contribution < 1.29 is 23.5 Å². The molecule has 1 aromatic heterocycles. The molecule has 0 aliphatic carbocycles. The van der Waals surface area contributed by atoms with Crippen molar-refractivity contribution >= 4 is 35.1 Å². The molecule has 0 unspecified atom stereocenters. The fourth-order valence-electron chi connectivity index (χ4n) is 1.74. The molecular formula is C16H15Cl2NO5. The summed E-state index contributed by atoms with van der Waals surface area (Å²) in [6, 6.07) is 8.05. The third-order valence-corrected chi connectivity index (χ3v) is 3.46. The number of rotatable bonds is 7. The molecule has 2 aromatic rings. The molecule has 24 heavy (non-hydrogen) atoms. The van der Waals surface area contributed by atoms with Crippen LogP contribution in [0.25, 0.3) is 0 Å². The van der Waals surface area contributed by atoms with Crippen LogP contribution < -0.4 is 10.1 Å². The van der Waals surface area contributed by atoms with Crippen molar-refractivity contribution in [2.45, 2.75) is 19.6 Å². The highest BCUT2D eigenvalue weighted by Gasteiger charge is 2.18. The molecule has 1 heterocycles. The predicted molar refractivity (Wildman–Crippen MR) is 88.1 cm³/mol. The highest BCUT2D eigenvalue weighted by Crippen LogP contribution is 2.27. The number of ether oxygens (including phenoxy) is 2. The number of nitrogens with one attached hydrogen (secondary N) is 1. The van der Waals surface area contributed by atoms with Gasteiger partial charge in [0.15, 0.2) is 12.7 Å². The summed E-state index contributed by atoms with van der Waals surface area (Å²) in [5.74, 6) is -0.235. The molecule has 1 N–H and O–H groups in total. The first-order chi connectivity index (χ1) is 11.5. The first-order valence-corrected chi connectivity index (χ1v) is 7.78. The summed E-state index contributed by atoms with van der Waals surface area (Å²) in [6.07, 6.45) is 0.543. The summed E-state index contributed by atoms with van der Waals surface area (Å²) in [4.78, 5) is 23.6. The number of esters is 1. The quantitative estimate of drug-likeness (QED) is 0.756. The fourth-order valence-corrected chi connectivity index (χ4v) is 2.21. The lowest BCUT2D eigenvalue weighted by molar-refractivity contribution is -0.156. The maximum Gasteiger partial charge on any atom is 0.344 e. The minimum absolute atomic E-state index is 0.213. The molecule has 0 aliphatic rings. The van der Waals surface area contributed by atoms with Crippen molar-refractivity contribution in [1.29, 1.82) is 0 Å². The lowest BCUT2D eigenvalue weighted by Crippen LogP contribution is -2.36. The van der Waals surface area contributed by atoms with Gasteiger partial charge in [0, 0.05) is 5.02 Å². The molecule has 1 amide bonds. The van der Waals surface area contributed by atoms with Crippen molar-refractivity contribution in [3.05, 3.63) is 52.4 Å². The molecule has 2 rings (SSSR count). The second-order valence-corrected chi connectivity index (χ2v) is 5.64. The van der Waals surface area contributed by atoms with E-state index in [0.29, 0.717) is 16.5 Å². The van der Waals surface area contributed by atoms with Crippen LogP contribution in [0.4, 0.5) is 0 Å². The molecule has 128 valence electrons. The third kappa shape index (κ3) is 5.47. The van der Waals surface area contributed by atoms with E-state index >= 15 is 0 Å². The molecule has 8 heteroatoms. The van der Waals surface area contributed by atoms with Crippen molar-refractivity contribution in [2.75, 3.05) is 6.61 Å². The van der Waals surface area contributed by atoms with Crippen LogP contribution in [0, 0.1) is 0 Å². The summed E-state index contributed by atoms with van der Waals surface area (Å²) in [6.45, 7) is 1.30. The lowest BCUT2D eigenvalue weighted by atomic mass is 10.3. The van der Waals surface area contributed by atoms with Crippen molar-refractivity contribution in [2.24, 2.45) is 0 Å². The maximum atomic E-state index is 11.8. The van der Waals surface area contributed by atoms with Gasteiger partial charge >= 0.3 is 5.97 Å². The summed E-state index contributed by atoms with van der Waals surface area (Å²) in [5.41, 5.74) is 0. The van der Waals surface area contributed by atoms with E-state index in [1.807, 2.05) is 0 Å². The van der Waals surface area contributed by atoms with E-state index in [4.69, 9.17) is 37.1 Å². The summed E-state index contributed by atoms with van der Waals surface area (Å²) in [7, 11) is 0. The van der Waals surface area contributed by atoms with Crippen molar-refractivity contribution in [3.8, 4) is 5.75 Å². The Morgan fingerprint density at radius 1 is 1.29 bits per heavy atom. The van der Waals surface area contributed by atoms with Crippen LogP contribution in [-0.4, -0.2) is 24.6 Å². The highest BCUT2D eigenvalue weighted by molar-refractivity contribution is 6.35. The molecular weight excluding hydrogens is 357 g/mol. The molecule has 0 saturated heterocycles. The average molecular weight is 372 g/mol. The van der Waals surface area contributed by atoms with Crippen molar-refractivity contribution in [1.82, 2.24) is 5.32 Å². The Morgan fingerprint density at radius 2 is 2.08 bits per heavy atom. The third-order valence-electron chi connectivity index (χ3n) is 2.93. The molecule has 0 spiro atoms. The molecule has 0 radical (unpaired) electrons. The molecule has 0 aliphatic heterocycles. The Kier molecular flexibility index (Phi) is 6.52. The van der Waals surface area contributed by atoms with Gasteiger partial charge < -0.3 is 19.2 Å². The minimum Gasteiger partial charge on any atom is -0.480 e. The topological polar surface area (TPSA) is 77.8 Å². The van der Waals surface area contributed by atoms with Gasteiger partial charge in [-0.05, 0) is 37.3 Å². The van der Waals surface area contributed by atoms with Gasteiger partial charge in [-0.15, -0.1) is 0 Å². The van der Waals surface area contributed by atoms with Gasteiger partial charge in [-0.25, -0.2) is 4.79 Å². The second-order valence-electron chi connectivity index (χ2n) is 4.79. The van der Waals surface area contributed by atoms with Crippen LogP contribution in [0.5, 0.6) is 5.75 Å². The van der Waals surface area contributed by atoms with E-state index in [2.05, 4.69) is 5.32 Å². The van der Waals surface area contributed by atoms with Crippen LogP contribution in [-0.2, 0) is 20.9 Å². The van der Waals surface area contributed by atoms with Gasteiger partial charge in [0.25, 0.3) is 5.91 Å². The van der Waals surface area contributed by atoms with E-state index in [9.17, 15) is 9.59 Å². The van der Waals surface area contributed by atoms with Gasteiger partial charge in [-0.3, -0.25) is 4.79 Å². The number of carbonyl (C=O) groups is 2. The van der Waals surface area contributed by atoms with E-state index in [-0.39, 0.29) is 18.2 Å². The number of halogens is 2. The molecule has 0 fully saturated rings. The van der Waals surface area contributed by atoms with Crippen LogP contribution in [0.1, 0.15) is 12.7 Å². The van der Waals surface area contributed by atoms with Crippen LogP contribution in [0.2, 0.25) is 10.0 Å². The highest BCUT2D eigenvalue weighted by atomic mass is 35.5. The van der Waals surface area contributed by atoms with Crippen molar-refractivity contribution in [3.63, 3.8) is 0 Å². The zero-order valence-corrected chi connectivity index (χ0v) is 14.3. The molecule has 0 saturated carbocycles.